The van der Waals surface area contributed by atoms with E-state index in [1.165, 1.54) is 5.56 Å². The van der Waals surface area contributed by atoms with Gasteiger partial charge in [-0.25, -0.2) is 0 Å². The normalized spacial score (nSPS) is 16.4. The van der Waals surface area contributed by atoms with Crippen LogP contribution in [0.1, 0.15) is 29.6 Å². The van der Waals surface area contributed by atoms with Gasteiger partial charge in [0.25, 0.3) is 0 Å². The minimum absolute atomic E-state index is 0.519. The highest BCUT2D eigenvalue weighted by Crippen LogP contribution is 2.30. The molecule has 2 aliphatic heterocycles. The molecule has 4 heterocycles. The summed E-state index contributed by atoms with van der Waals surface area (Å²) in [6.45, 7) is 7.52. The van der Waals surface area contributed by atoms with Gasteiger partial charge in [-0.05, 0) is 44.1 Å². The number of pyridine rings is 1. The summed E-state index contributed by atoms with van der Waals surface area (Å²) in [6.07, 6.45) is 4.65. The third kappa shape index (κ3) is 2.69. The number of hydrogen-bond acceptors (Lipinski definition) is 7. The van der Waals surface area contributed by atoms with Crippen LogP contribution in [0, 0.1) is 25.2 Å². The van der Waals surface area contributed by atoms with E-state index < -0.39 is 0 Å². The number of fused-ring (bicyclic) bond motifs is 1. The van der Waals surface area contributed by atoms with Crippen LogP contribution >= 0.6 is 0 Å². The van der Waals surface area contributed by atoms with E-state index in [2.05, 4.69) is 38.0 Å². The molecule has 2 aromatic heterocycles. The minimum Gasteiger partial charge on any atom is -0.361 e. The van der Waals surface area contributed by atoms with Gasteiger partial charge in [0.05, 0.1) is 5.69 Å². The predicted molar refractivity (Wildman–Crippen MR) is 96.0 cm³/mol. The smallest absolute Gasteiger partial charge is 0.141 e. The maximum absolute atomic E-state index is 9.02. The molecule has 2 aromatic rings. The largest absolute Gasteiger partial charge is 0.361 e. The van der Waals surface area contributed by atoms with Crippen LogP contribution in [0.15, 0.2) is 40.0 Å². The Hall–Kier alpha value is -3.27. The summed E-state index contributed by atoms with van der Waals surface area (Å²) in [7, 11) is 0. The van der Waals surface area contributed by atoms with Crippen LogP contribution in [0.2, 0.25) is 0 Å². The van der Waals surface area contributed by atoms with E-state index in [-0.39, 0.29) is 0 Å². The fraction of sp³-hybridized carbons (Fsp3) is 0.316. The van der Waals surface area contributed by atoms with E-state index in [0.29, 0.717) is 5.70 Å². The highest BCUT2D eigenvalue weighted by molar-refractivity contribution is 5.67. The Bertz CT molecular complexity index is 959. The fourth-order valence-corrected chi connectivity index (χ4v) is 3.58. The zero-order valence-corrected chi connectivity index (χ0v) is 15.1. The monoisotopic (exact) mass is 348 g/mol. The van der Waals surface area contributed by atoms with Gasteiger partial charge in [0.2, 0.25) is 0 Å². The van der Waals surface area contributed by atoms with Crippen LogP contribution in [-0.2, 0) is 13.0 Å². The molecule has 0 amide bonds. The lowest BCUT2D eigenvalue weighted by Gasteiger charge is -2.35. The Labute approximate surface area is 152 Å². The van der Waals surface area contributed by atoms with Gasteiger partial charge in [-0.1, -0.05) is 5.16 Å². The molecule has 0 spiro atoms. The fourth-order valence-electron chi connectivity index (χ4n) is 3.58. The van der Waals surface area contributed by atoms with Gasteiger partial charge in [0.15, 0.2) is 0 Å². The van der Waals surface area contributed by atoms with E-state index in [0.717, 1.165) is 59.2 Å². The molecule has 7 nitrogen and oxygen atoms in total. The van der Waals surface area contributed by atoms with Crippen LogP contribution in [0.25, 0.3) is 11.1 Å². The van der Waals surface area contributed by atoms with Gasteiger partial charge in [-0.3, -0.25) is 15.8 Å². The molecule has 0 fully saturated rings. The third-order valence-corrected chi connectivity index (χ3v) is 4.85. The number of hydrazine groups is 1. The molecule has 0 saturated heterocycles. The molecule has 0 bridgehead atoms. The number of nitrogens with zero attached hydrogens (tertiary/aromatic N) is 4. The van der Waals surface area contributed by atoms with Crippen molar-refractivity contribution in [2.45, 2.75) is 33.7 Å². The number of hydrogen-bond donors (Lipinski definition) is 2. The summed E-state index contributed by atoms with van der Waals surface area (Å²) >= 11 is 0. The first-order valence-electron chi connectivity index (χ1n) is 8.57. The summed E-state index contributed by atoms with van der Waals surface area (Å²) in [5.41, 5.74) is 12.9. The molecule has 0 atom stereocenters. The highest BCUT2D eigenvalue weighted by atomic mass is 16.5. The van der Waals surface area contributed by atoms with Gasteiger partial charge in [-0.15, -0.1) is 0 Å². The second kappa shape index (κ2) is 6.23. The molecule has 7 heteroatoms. The quantitative estimate of drug-likeness (QED) is 0.861. The number of nitriles is 1. The van der Waals surface area contributed by atoms with Gasteiger partial charge < -0.3 is 9.42 Å². The van der Waals surface area contributed by atoms with Crippen molar-refractivity contribution < 1.29 is 4.52 Å². The SMILES string of the molecule is CC1=C(N2CCc3ncc(-c4c(C)noc4C)cc3C2)NNC(C#N)=C1. The number of aryl methyl sites for hydroxylation is 2. The van der Waals surface area contributed by atoms with Gasteiger partial charge >= 0.3 is 0 Å². The standard InChI is InChI=1S/C19H20N6O/c1-11-6-16(8-20)22-23-19(11)25-5-4-17-15(10-25)7-14(9-21-17)18-12(2)24-26-13(18)3/h6-7,9,22-23H,4-5,10H2,1-3H3. The molecule has 26 heavy (non-hydrogen) atoms. The predicted octanol–water partition coefficient (Wildman–Crippen LogP) is 2.46. The van der Waals surface area contributed by atoms with E-state index in [1.54, 1.807) is 0 Å². The average molecular weight is 348 g/mol. The Balaban J connectivity index is 1.66. The lowest BCUT2D eigenvalue weighted by molar-refractivity contribution is 0.284. The highest BCUT2D eigenvalue weighted by Gasteiger charge is 2.23. The first kappa shape index (κ1) is 16.2. The molecule has 0 radical (unpaired) electrons. The maximum atomic E-state index is 9.02. The molecule has 0 saturated carbocycles. The van der Waals surface area contributed by atoms with Gasteiger partial charge in [-0.2, -0.15) is 5.26 Å². The van der Waals surface area contributed by atoms with Crippen LogP contribution in [0.3, 0.4) is 0 Å². The molecule has 2 N–H and O–H groups in total. The molecule has 0 unspecified atom stereocenters. The molecule has 2 aliphatic rings. The lowest BCUT2D eigenvalue weighted by atomic mass is 9.99. The second-order valence-corrected chi connectivity index (χ2v) is 6.65. The van der Waals surface area contributed by atoms with Crippen molar-refractivity contribution in [3.63, 3.8) is 0 Å². The number of allylic oxidation sites excluding steroid dienone is 3. The summed E-state index contributed by atoms with van der Waals surface area (Å²) in [4.78, 5) is 6.95. The second-order valence-electron chi connectivity index (χ2n) is 6.65. The van der Waals surface area contributed by atoms with Crippen molar-refractivity contribution >= 4 is 0 Å². The number of nitrogens with one attached hydrogen (secondary N) is 2. The zero-order valence-electron chi connectivity index (χ0n) is 15.1. The van der Waals surface area contributed by atoms with Crippen LogP contribution in [0.5, 0.6) is 0 Å². The molecular formula is C19H20N6O. The minimum atomic E-state index is 0.519. The Morgan fingerprint density at radius 1 is 1.27 bits per heavy atom. The molecule has 132 valence electrons. The van der Waals surface area contributed by atoms with Crippen LogP contribution < -0.4 is 10.9 Å². The van der Waals surface area contributed by atoms with E-state index in [4.69, 9.17) is 9.78 Å². The van der Waals surface area contributed by atoms with Crippen molar-refractivity contribution in [3.8, 4) is 17.2 Å². The maximum Gasteiger partial charge on any atom is 0.141 e. The Kier molecular flexibility index (Phi) is 3.88. The van der Waals surface area contributed by atoms with Crippen molar-refractivity contribution in [1.82, 2.24) is 25.9 Å². The number of rotatable bonds is 2. The Morgan fingerprint density at radius 3 is 2.81 bits per heavy atom. The topological polar surface area (TPSA) is 90.0 Å². The van der Waals surface area contributed by atoms with Crippen molar-refractivity contribution in [2.24, 2.45) is 0 Å². The summed E-state index contributed by atoms with van der Waals surface area (Å²) < 4.78 is 5.30. The van der Waals surface area contributed by atoms with E-state index in [1.807, 2.05) is 33.0 Å². The number of aromatic nitrogens is 2. The van der Waals surface area contributed by atoms with Crippen molar-refractivity contribution in [2.75, 3.05) is 6.54 Å². The van der Waals surface area contributed by atoms with Crippen molar-refractivity contribution in [1.29, 1.82) is 5.26 Å². The van der Waals surface area contributed by atoms with E-state index >= 15 is 0 Å². The first-order chi connectivity index (χ1) is 12.6. The molecular weight excluding hydrogens is 328 g/mol. The van der Waals surface area contributed by atoms with Gasteiger partial charge in [0, 0.05) is 42.5 Å². The summed E-state index contributed by atoms with van der Waals surface area (Å²) in [6, 6.07) is 4.30. The van der Waals surface area contributed by atoms with Crippen molar-refractivity contribution in [3.05, 3.63) is 58.1 Å². The van der Waals surface area contributed by atoms with E-state index in [9.17, 15) is 0 Å². The molecule has 0 aromatic carbocycles. The van der Waals surface area contributed by atoms with Gasteiger partial charge in [0.1, 0.15) is 23.3 Å². The first-order valence-corrected chi connectivity index (χ1v) is 8.57. The van der Waals surface area contributed by atoms with Crippen LogP contribution in [0.4, 0.5) is 0 Å². The zero-order chi connectivity index (χ0) is 18.3. The Morgan fingerprint density at radius 2 is 2.12 bits per heavy atom. The lowest BCUT2D eigenvalue weighted by Crippen LogP contribution is -2.43. The summed E-state index contributed by atoms with van der Waals surface area (Å²) in [5, 5.41) is 13.1. The summed E-state index contributed by atoms with van der Waals surface area (Å²) in [5.74, 6) is 1.81. The third-order valence-electron chi connectivity index (χ3n) is 4.85. The average Bonchev–Trinajstić information content (AvgIpc) is 2.99. The van der Waals surface area contributed by atoms with Crippen LogP contribution in [-0.4, -0.2) is 21.6 Å². The molecule has 4 rings (SSSR count). The molecule has 0 aliphatic carbocycles.